The van der Waals surface area contributed by atoms with Gasteiger partial charge in [0, 0.05) is 12.3 Å². The molecule has 1 amide bonds. The van der Waals surface area contributed by atoms with Gasteiger partial charge in [0.05, 0.1) is 5.56 Å². The third kappa shape index (κ3) is 2.53. The number of carbonyl (C=O) groups excluding carboxylic acids is 1. The fourth-order valence-electron chi connectivity index (χ4n) is 1.41. The summed E-state index contributed by atoms with van der Waals surface area (Å²) in [5, 5.41) is 1.75. The molecule has 8 heteroatoms. The predicted octanol–water partition coefficient (Wildman–Crippen LogP) is 2.47. The molecule has 0 spiro atoms. The highest BCUT2D eigenvalue weighted by molar-refractivity contribution is 6.04. The Morgan fingerprint density at radius 2 is 1.70 bits per heavy atom. The number of hydrogen-bond acceptors (Lipinski definition) is 3. The molecule has 104 valence electrons. The molecule has 1 heterocycles. The van der Waals surface area contributed by atoms with Crippen LogP contribution in [0.15, 0.2) is 24.4 Å². The van der Waals surface area contributed by atoms with E-state index in [2.05, 4.69) is 4.98 Å². The zero-order chi connectivity index (χ0) is 14.9. The van der Waals surface area contributed by atoms with E-state index >= 15 is 0 Å². The fraction of sp³-hybridized carbons (Fsp3) is 0. The van der Waals surface area contributed by atoms with E-state index in [4.69, 9.17) is 5.73 Å². The zero-order valence-electron chi connectivity index (χ0n) is 9.75. The first-order valence-corrected chi connectivity index (χ1v) is 5.26. The Balaban J connectivity index is 2.35. The number of carbonyl (C=O) groups is 1. The number of rotatable bonds is 2. The summed E-state index contributed by atoms with van der Waals surface area (Å²) in [4.78, 5) is 15.3. The maximum absolute atomic E-state index is 13.4. The third-order valence-electron chi connectivity index (χ3n) is 2.40. The minimum atomic E-state index is -1.69. The Labute approximate surface area is 110 Å². The zero-order valence-corrected chi connectivity index (χ0v) is 9.75. The van der Waals surface area contributed by atoms with E-state index < -0.39 is 34.9 Å². The number of nitrogens with two attached hydrogens (primary N) is 1. The van der Waals surface area contributed by atoms with E-state index in [9.17, 15) is 22.4 Å². The minimum Gasteiger partial charge on any atom is -0.384 e. The molecular weight excluding hydrogens is 278 g/mol. The number of amides is 1. The first kappa shape index (κ1) is 13.8. The van der Waals surface area contributed by atoms with Gasteiger partial charge in [-0.2, -0.15) is 0 Å². The van der Waals surface area contributed by atoms with Gasteiger partial charge in [-0.15, -0.1) is 0 Å². The van der Waals surface area contributed by atoms with Crippen LogP contribution in [0, 0.1) is 23.3 Å². The van der Waals surface area contributed by atoms with Crippen LogP contribution in [0.5, 0.6) is 0 Å². The van der Waals surface area contributed by atoms with E-state index in [-0.39, 0.29) is 17.4 Å². The van der Waals surface area contributed by atoms with E-state index in [1.807, 2.05) is 0 Å². The number of nitrogens with one attached hydrogen (secondary N) is 1. The maximum atomic E-state index is 13.4. The number of anilines is 2. The summed E-state index contributed by atoms with van der Waals surface area (Å²) in [7, 11) is 0. The highest BCUT2D eigenvalue weighted by Crippen LogP contribution is 2.24. The summed E-state index contributed by atoms with van der Waals surface area (Å²) in [5.74, 6) is -7.47. The van der Waals surface area contributed by atoms with Gasteiger partial charge in [-0.05, 0) is 12.1 Å². The van der Waals surface area contributed by atoms with Crippen LogP contribution >= 0.6 is 0 Å². The first-order chi connectivity index (χ1) is 9.40. The van der Waals surface area contributed by atoms with Crippen LogP contribution in [-0.2, 0) is 0 Å². The largest absolute Gasteiger partial charge is 0.384 e. The van der Waals surface area contributed by atoms with Gasteiger partial charge < -0.3 is 11.1 Å². The molecule has 1 aromatic carbocycles. The molecule has 2 aromatic rings. The molecule has 0 saturated heterocycles. The van der Waals surface area contributed by atoms with Crippen LogP contribution in [-0.4, -0.2) is 10.9 Å². The monoisotopic (exact) mass is 285 g/mol. The van der Waals surface area contributed by atoms with E-state index in [1.165, 1.54) is 12.1 Å². The molecule has 0 bridgehead atoms. The third-order valence-corrected chi connectivity index (χ3v) is 2.40. The Morgan fingerprint density at radius 3 is 2.20 bits per heavy atom. The standard InChI is InChI=1S/C12H7F4N3O/c13-6-3-7(14)10(16)11(9(6)15)19-12(20)5-1-2-8(17)18-4-5/h1-4H,(H2,17,18)(H,19,20). The van der Waals surface area contributed by atoms with Crippen molar-refractivity contribution in [1.29, 1.82) is 0 Å². The van der Waals surface area contributed by atoms with Crippen molar-refractivity contribution in [1.82, 2.24) is 4.98 Å². The van der Waals surface area contributed by atoms with Crippen LogP contribution in [0.3, 0.4) is 0 Å². The lowest BCUT2D eigenvalue weighted by Crippen LogP contribution is -2.16. The summed E-state index contributed by atoms with van der Waals surface area (Å²) in [6.07, 6.45) is 1.05. The lowest BCUT2D eigenvalue weighted by molar-refractivity contribution is 0.102. The summed E-state index contributed by atoms with van der Waals surface area (Å²) < 4.78 is 52.6. The second kappa shape index (κ2) is 5.16. The number of nitrogen functional groups attached to an aromatic ring is 1. The average molecular weight is 285 g/mol. The Bertz CT molecular complexity index is 647. The molecule has 1 aromatic heterocycles. The van der Waals surface area contributed by atoms with Crippen molar-refractivity contribution < 1.29 is 22.4 Å². The summed E-state index contributed by atoms with van der Waals surface area (Å²) in [6, 6.07) is 2.57. The van der Waals surface area contributed by atoms with Gasteiger partial charge in [0.15, 0.2) is 23.3 Å². The fourth-order valence-corrected chi connectivity index (χ4v) is 1.41. The van der Waals surface area contributed by atoms with Crippen molar-refractivity contribution in [2.45, 2.75) is 0 Å². The normalized spacial score (nSPS) is 10.4. The molecule has 3 N–H and O–H groups in total. The van der Waals surface area contributed by atoms with Crippen molar-refractivity contribution in [3.63, 3.8) is 0 Å². The number of halogens is 4. The summed E-state index contributed by atoms with van der Waals surface area (Å²) >= 11 is 0. The molecule has 0 aliphatic rings. The Kier molecular flexibility index (Phi) is 3.55. The van der Waals surface area contributed by atoms with Crippen molar-refractivity contribution in [3.05, 3.63) is 53.2 Å². The highest BCUT2D eigenvalue weighted by Gasteiger charge is 2.21. The Morgan fingerprint density at radius 1 is 1.10 bits per heavy atom. The van der Waals surface area contributed by atoms with Gasteiger partial charge in [0.2, 0.25) is 0 Å². The van der Waals surface area contributed by atoms with Crippen LogP contribution < -0.4 is 11.1 Å². The number of aromatic nitrogens is 1. The molecule has 20 heavy (non-hydrogen) atoms. The molecule has 0 aliphatic heterocycles. The van der Waals surface area contributed by atoms with Crippen LogP contribution in [0.4, 0.5) is 29.1 Å². The average Bonchev–Trinajstić information content (AvgIpc) is 2.42. The molecule has 0 atom stereocenters. The molecule has 0 unspecified atom stereocenters. The highest BCUT2D eigenvalue weighted by atomic mass is 19.2. The molecule has 4 nitrogen and oxygen atoms in total. The van der Waals surface area contributed by atoms with Gasteiger partial charge >= 0.3 is 0 Å². The Hall–Kier alpha value is -2.64. The maximum Gasteiger partial charge on any atom is 0.257 e. The second-order valence-corrected chi connectivity index (χ2v) is 3.77. The topological polar surface area (TPSA) is 68.0 Å². The van der Waals surface area contributed by atoms with E-state index in [0.717, 1.165) is 6.20 Å². The smallest absolute Gasteiger partial charge is 0.257 e. The molecular formula is C12H7F4N3O. The van der Waals surface area contributed by atoms with Gasteiger partial charge in [-0.1, -0.05) is 0 Å². The van der Waals surface area contributed by atoms with Crippen molar-refractivity contribution in [3.8, 4) is 0 Å². The van der Waals surface area contributed by atoms with Crippen molar-refractivity contribution in [2.24, 2.45) is 0 Å². The van der Waals surface area contributed by atoms with Gasteiger partial charge in [0.1, 0.15) is 11.5 Å². The lowest BCUT2D eigenvalue weighted by atomic mass is 10.2. The minimum absolute atomic E-state index is 0.0467. The second-order valence-electron chi connectivity index (χ2n) is 3.77. The molecule has 0 fully saturated rings. The van der Waals surface area contributed by atoms with Gasteiger partial charge in [0.25, 0.3) is 5.91 Å². The van der Waals surface area contributed by atoms with Gasteiger partial charge in [-0.3, -0.25) is 4.79 Å². The van der Waals surface area contributed by atoms with Crippen LogP contribution in [0.2, 0.25) is 0 Å². The molecule has 0 saturated carbocycles. The summed E-state index contributed by atoms with van der Waals surface area (Å²) in [5.41, 5.74) is 4.02. The number of pyridine rings is 1. The van der Waals surface area contributed by atoms with Crippen LogP contribution in [0.25, 0.3) is 0 Å². The molecule has 0 radical (unpaired) electrons. The van der Waals surface area contributed by atoms with Crippen molar-refractivity contribution >= 4 is 17.4 Å². The number of benzene rings is 1. The van der Waals surface area contributed by atoms with Gasteiger partial charge in [-0.25, -0.2) is 22.5 Å². The predicted molar refractivity (Wildman–Crippen MR) is 62.9 cm³/mol. The SMILES string of the molecule is Nc1ccc(C(=O)Nc2c(F)c(F)cc(F)c2F)cn1. The first-order valence-electron chi connectivity index (χ1n) is 5.26. The number of nitrogens with zero attached hydrogens (tertiary/aromatic N) is 1. The quantitative estimate of drug-likeness (QED) is 0.658. The van der Waals surface area contributed by atoms with Crippen molar-refractivity contribution in [2.75, 3.05) is 11.1 Å². The lowest BCUT2D eigenvalue weighted by Gasteiger charge is -2.08. The molecule has 0 aliphatic carbocycles. The van der Waals surface area contributed by atoms with E-state index in [0.29, 0.717) is 0 Å². The van der Waals surface area contributed by atoms with E-state index in [1.54, 1.807) is 5.32 Å². The molecule has 2 rings (SSSR count). The van der Waals surface area contributed by atoms with Crippen LogP contribution in [0.1, 0.15) is 10.4 Å². The summed E-state index contributed by atoms with van der Waals surface area (Å²) in [6.45, 7) is 0. The number of hydrogen-bond donors (Lipinski definition) is 2.